The number of carbonyl (C=O) groups excluding carboxylic acids is 3. The second-order valence-electron chi connectivity index (χ2n) is 7.22. The number of methoxy groups -OCH3 is 1. The summed E-state index contributed by atoms with van der Waals surface area (Å²) in [5.41, 5.74) is 2.88. The molecule has 0 radical (unpaired) electrons. The van der Waals surface area contributed by atoms with Crippen molar-refractivity contribution in [3.8, 4) is 0 Å². The molecule has 0 bridgehead atoms. The zero-order valence-corrected chi connectivity index (χ0v) is 18.2. The fraction of sp³-hybridized carbons (Fsp3) is 0.348. The third-order valence-electron chi connectivity index (χ3n) is 4.53. The minimum Gasteiger partial charge on any atom is -0.383 e. The van der Waals surface area contributed by atoms with Gasteiger partial charge >= 0.3 is 0 Å². The van der Waals surface area contributed by atoms with Crippen molar-refractivity contribution >= 4 is 29.1 Å². The summed E-state index contributed by atoms with van der Waals surface area (Å²) in [4.78, 5) is 37.6. The van der Waals surface area contributed by atoms with E-state index in [0.717, 1.165) is 11.3 Å². The van der Waals surface area contributed by atoms with Gasteiger partial charge in [0.1, 0.15) is 0 Å². The molecule has 3 N–H and O–H groups in total. The van der Waals surface area contributed by atoms with Crippen LogP contribution in [0.15, 0.2) is 48.5 Å². The summed E-state index contributed by atoms with van der Waals surface area (Å²) < 4.78 is 4.91. The molecule has 2 rings (SSSR count). The summed E-state index contributed by atoms with van der Waals surface area (Å²) in [7, 11) is 5.06. The van der Waals surface area contributed by atoms with Crippen LogP contribution in [0, 0.1) is 0 Å². The van der Waals surface area contributed by atoms with Crippen LogP contribution in [-0.4, -0.2) is 63.5 Å². The van der Waals surface area contributed by atoms with Crippen molar-refractivity contribution in [3.05, 3.63) is 59.7 Å². The van der Waals surface area contributed by atoms with Crippen molar-refractivity contribution < 1.29 is 19.1 Å². The van der Waals surface area contributed by atoms with E-state index in [1.165, 1.54) is 0 Å². The van der Waals surface area contributed by atoms with Crippen LogP contribution in [0.1, 0.15) is 22.3 Å². The Bertz CT molecular complexity index is 881. The van der Waals surface area contributed by atoms with E-state index in [0.29, 0.717) is 37.2 Å². The molecule has 0 spiro atoms. The molecule has 0 aliphatic rings. The second kappa shape index (κ2) is 12.3. The Labute approximate surface area is 183 Å². The lowest BCUT2D eigenvalue weighted by Crippen LogP contribution is -2.27. The van der Waals surface area contributed by atoms with Gasteiger partial charge in [-0.25, -0.2) is 0 Å². The van der Waals surface area contributed by atoms with Gasteiger partial charge < -0.3 is 25.6 Å². The van der Waals surface area contributed by atoms with Crippen LogP contribution in [0.4, 0.5) is 11.4 Å². The van der Waals surface area contributed by atoms with E-state index in [1.54, 1.807) is 50.4 Å². The highest BCUT2D eigenvalue weighted by Crippen LogP contribution is 2.13. The maximum absolute atomic E-state index is 12.3. The maximum Gasteiger partial charge on any atom is 0.251 e. The molecule has 0 saturated heterocycles. The number of benzene rings is 2. The normalized spacial score (nSPS) is 10.3. The zero-order valence-electron chi connectivity index (χ0n) is 18.2. The number of aryl methyl sites for hydroxylation is 1. The predicted octanol–water partition coefficient (Wildman–Crippen LogP) is 2.13. The van der Waals surface area contributed by atoms with Crippen LogP contribution in [0.3, 0.4) is 0 Å². The van der Waals surface area contributed by atoms with Gasteiger partial charge in [0.05, 0.1) is 13.2 Å². The molecule has 3 amide bonds. The Morgan fingerprint density at radius 1 is 1.00 bits per heavy atom. The monoisotopic (exact) mass is 426 g/mol. The van der Waals surface area contributed by atoms with Gasteiger partial charge in [0.2, 0.25) is 11.8 Å². The number of hydrogen-bond donors (Lipinski definition) is 3. The molecule has 2 aromatic rings. The van der Waals surface area contributed by atoms with Gasteiger partial charge in [-0.3, -0.25) is 14.4 Å². The van der Waals surface area contributed by atoms with Crippen molar-refractivity contribution in [2.75, 3.05) is 51.5 Å². The molecule has 31 heavy (non-hydrogen) atoms. The summed E-state index contributed by atoms with van der Waals surface area (Å²) in [6.07, 6.45) is 1.14. The fourth-order valence-corrected chi connectivity index (χ4v) is 2.76. The molecule has 0 heterocycles. The van der Waals surface area contributed by atoms with Crippen LogP contribution in [0.5, 0.6) is 0 Å². The molecule has 0 aromatic heterocycles. The minimum atomic E-state index is -0.224. The van der Waals surface area contributed by atoms with Crippen molar-refractivity contribution in [1.29, 1.82) is 0 Å². The quantitative estimate of drug-likeness (QED) is 0.478. The van der Waals surface area contributed by atoms with Gasteiger partial charge in [0, 0.05) is 51.1 Å². The van der Waals surface area contributed by atoms with Gasteiger partial charge in [-0.05, 0) is 42.3 Å². The molecule has 0 unspecified atom stereocenters. The number of nitrogens with zero attached hydrogens (tertiary/aromatic N) is 1. The van der Waals surface area contributed by atoms with Gasteiger partial charge in [-0.1, -0.05) is 18.2 Å². The minimum absolute atomic E-state index is 0.0860. The molecule has 8 heteroatoms. The van der Waals surface area contributed by atoms with Crippen LogP contribution in [0.2, 0.25) is 0 Å². The largest absolute Gasteiger partial charge is 0.383 e. The van der Waals surface area contributed by atoms with Crippen LogP contribution in [0.25, 0.3) is 0 Å². The maximum atomic E-state index is 12.3. The van der Waals surface area contributed by atoms with Crippen molar-refractivity contribution in [1.82, 2.24) is 10.2 Å². The number of anilines is 2. The number of rotatable bonds is 11. The number of carbonyl (C=O) groups is 3. The van der Waals surface area contributed by atoms with Crippen LogP contribution >= 0.6 is 0 Å². The number of ether oxygens (including phenoxy) is 1. The molecule has 0 atom stereocenters. The third-order valence-corrected chi connectivity index (χ3v) is 4.53. The van der Waals surface area contributed by atoms with Gasteiger partial charge in [-0.2, -0.15) is 0 Å². The highest BCUT2D eigenvalue weighted by molar-refractivity contribution is 5.98. The summed E-state index contributed by atoms with van der Waals surface area (Å²) in [6, 6.07) is 14.4. The first kappa shape index (κ1) is 23.9. The molecule has 166 valence electrons. The SMILES string of the molecule is COCCNC(=O)c1cccc(NC(=O)CNc2ccc(CCC(=O)N(C)C)cc2)c1. The van der Waals surface area contributed by atoms with E-state index in [4.69, 9.17) is 4.74 Å². The lowest BCUT2D eigenvalue weighted by Gasteiger charge is -2.11. The third kappa shape index (κ3) is 8.47. The fourth-order valence-electron chi connectivity index (χ4n) is 2.76. The summed E-state index contributed by atoms with van der Waals surface area (Å²) in [5.74, 6) is -0.355. The van der Waals surface area contributed by atoms with Gasteiger partial charge in [0.25, 0.3) is 5.91 Å². The Hall–Kier alpha value is -3.39. The smallest absolute Gasteiger partial charge is 0.251 e. The van der Waals surface area contributed by atoms with Gasteiger partial charge in [-0.15, -0.1) is 0 Å². The lowest BCUT2D eigenvalue weighted by atomic mass is 10.1. The van der Waals surface area contributed by atoms with E-state index >= 15 is 0 Å². The Kier molecular flexibility index (Phi) is 9.51. The summed E-state index contributed by atoms with van der Waals surface area (Å²) in [5, 5.41) is 8.59. The number of nitrogens with one attached hydrogen (secondary N) is 3. The highest BCUT2D eigenvalue weighted by atomic mass is 16.5. The van der Waals surface area contributed by atoms with Crippen molar-refractivity contribution in [2.24, 2.45) is 0 Å². The van der Waals surface area contributed by atoms with Crippen molar-refractivity contribution in [2.45, 2.75) is 12.8 Å². The highest BCUT2D eigenvalue weighted by Gasteiger charge is 2.08. The lowest BCUT2D eigenvalue weighted by molar-refractivity contribution is -0.128. The zero-order chi connectivity index (χ0) is 22.6. The number of hydrogen-bond acceptors (Lipinski definition) is 5. The first-order valence-electron chi connectivity index (χ1n) is 10.1. The van der Waals surface area contributed by atoms with E-state index < -0.39 is 0 Å². The van der Waals surface area contributed by atoms with E-state index in [9.17, 15) is 14.4 Å². The van der Waals surface area contributed by atoms with E-state index in [1.807, 2.05) is 24.3 Å². The predicted molar refractivity (Wildman–Crippen MR) is 121 cm³/mol. The van der Waals surface area contributed by atoms with Crippen LogP contribution in [-0.2, 0) is 20.7 Å². The van der Waals surface area contributed by atoms with E-state index in [-0.39, 0.29) is 24.3 Å². The molecular weight excluding hydrogens is 396 g/mol. The number of amides is 3. The molecule has 2 aromatic carbocycles. The molecule has 0 aliphatic heterocycles. The van der Waals surface area contributed by atoms with Gasteiger partial charge in [0.15, 0.2) is 0 Å². The molecular formula is C23H30N4O4. The average Bonchev–Trinajstić information content (AvgIpc) is 2.77. The standard InChI is InChI=1S/C23H30N4O4/c1-27(2)22(29)12-9-17-7-10-19(11-8-17)25-16-21(28)26-20-6-4-5-18(15-20)23(30)24-13-14-31-3/h4-8,10-11,15,25H,9,12-14,16H2,1-3H3,(H,24,30)(H,26,28). The molecule has 0 saturated carbocycles. The van der Waals surface area contributed by atoms with E-state index in [2.05, 4.69) is 16.0 Å². The Morgan fingerprint density at radius 3 is 2.42 bits per heavy atom. The molecule has 0 fully saturated rings. The first-order chi connectivity index (χ1) is 14.9. The topological polar surface area (TPSA) is 99.8 Å². The summed E-state index contributed by atoms with van der Waals surface area (Å²) in [6.45, 7) is 0.937. The van der Waals surface area contributed by atoms with Crippen molar-refractivity contribution in [3.63, 3.8) is 0 Å². The molecule has 8 nitrogen and oxygen atoms in total. The second-order valence-corrected chi connectivity index (χ2v) is 7.22. The Balaban J connectivity index is 1.80. The average molecular weight is 427 g/mol. The molecule has 0 aliphatic carbocycles. The summed E-state index contributed by atoms with van der Waals surface area (Å²) >= 11 is 0. The Morgan fingerprint density at radius 2 is 1.74 bits per heavy atom. The first-order valence-corrected chi connectivity index (χ1v) is 10.1. The van der Waals surface area contributed by atoms with Crippen LogP contribution < -0.4 is 16.0 Å².